The largest absolute Gasteiger partial charge is 0.369 e. The van der Waals surface area contributed by atoms with Crippen molar-refractivity contribution in [3.63, 3.8) is 0 Å². The van der Waals surface area contributed by atoms with Crippen molar-refractivity contribution in [2.45, 2.75) is 26.2 Å². The molecular formula is C12H17N5S. The van der Waals surface area contributed by atoms with Gasteiger partial charge in [0.05, 0.1) is 5.39 Å². The van der Waals surface area contributed by atoms with Crippen molar-refractivity contribution in [3.05, 3.63) is 10.9 Å². The van der Waals surface area contributed by atoms with E-state index in [0.29, 0.717) is 5.95 Å². The van der Waals surface area contributed by atoms with Crippen LogP contribution in [0, 0.1) is 12.8 Å². The number of nitrogen functional groups attached to an aromatic ring is 1. The van der Waals surface area contributed by atoms with Crippen LogP contribution >= 0.6 is 11.3 Å². The molecule has 2 aromatic rings. The van der Waals surface area contributed by atoms with Gasteiger partial charge in [0.1, 0.15) is 10.6 Å². The molecule has 0 unspecified atom stereocenters. The van der Waals surface area contributed by atoms with E-state index in [0.717, 1.165) is 28.5 Å². The molecule has 0 aromatic carbocycles. The molecule has 1 saturated carbocycles. The van der Waals surface area contributed by atoms with Gasteiger partial charge in [0.25, 0.3) is 0 Å². The van der Waals surface area contributed by atoms with Crippen LogP contribution in [-0.2, 0) is 0 Å². The van der Waals surface area contributed by atoms with Crippen molar-refractivity contribution in [2.24, 2.45) is 11.8 Å². The summed E-state index contributed by atoms with van der Waals surface area (Å²) in [6.45, 7) is 3.05. The molecule has 5 nitrogen and oxygen atoms in total. The van der Waals surface area contributed by atoms with Gasteiger partial charge in [-0.05, 0) is 25.3 Å². The third-order valence-corrected chi connectivity index (χ3v) is 4.13. The number of aromatic nitrogens is 2. The highest BCUT2D eigenvalue weighted by Gasteiger charge is 2.20. The topological polar surface area (TPSA) is 75.9 Å². The highest BCUT2D eigenvalue weighted by atomic mass is 32.1. The van der Waals surface area contributed by atoms with E-state index in [4.69, 9.17) is 5.84 Å². The first-order valence-corrected chi connectivity index (χ1v) is 7.06. The van der Waals surface area contributed by atoms with Gasteiger partial charge in [0, 0.05) is 11.4 Å². The maximum atomic E-state index is 5.41. The van der Waals surface area contributed by atoms with E-state index < -0.39 is 0 Å². The summed E-state index contributed by atoms with van der Waals surface area (Å²) >= 11 is 1.66. The predicted octanol–water partition coefficient (Wildman–Crippen LogP) is 2.50. The minimum absolute atomic E-state index is 0.471. The number of hydrogen-bond donors (Lipinski definition) is 3. The Kier molecular flexibility index (Phi) is 3.05. The number of fused-ring (bicyclic) bond motifs is 1. The summed E-state index contributed by atoms with van der Waals surface area (Å²) in [5.41, 5.74) is 2.52. The average Bonchev–Trinajstić information content (AvgIpc) is 3.09. The summed E-state index contributed by atoms with van der Waals surface area (Å²) in [6, 6.07) is 2.12. The number of hydrogen-bond acceptors (Lipinski definition) is 6. The molecule has 1 aliphatic carbocycles. The van der Waals surface area contributed by atoms with E-state index in [1.807, 2.05) is 0 Å². The lowest BCUT2D eigenvalue weighted by Gasteiger charge is -2.07. The Bertz CT molecular complexity index is 561. The fourth-order valence-corrected chi connectivity index (χ4v) is 2.92. The molecule has 3 rings (SSSR count). The Morgan fingerprint density at radius 2 is 2.28 bits per heavy atom. The third-order valence-electron chi connectivity index (χ3n) is 3.19. The second-order valence-electron chi connectivity index (χ2n) is 4.77. The molecule has 4 N–H and O–H groups in total. The second-order valence-corrected chi connectivity index (χ2v) is 6.01. The average molecular weight is 263 g/mol. The molecule has 2 heterocycles. The number of hydrazine groups is 1. The van der Waals surface area contributed by atoms with Crippen molar-refractivity contribution in [1.82, 2.24) is 9.97 Å². The van der Waals surface area contributed by atoms with Gasteiger partial charge >= 0.3 is 0 Å². The number of anilines is 2. The van der Waals surface area contributed by atoms with Gasteiger partial charge < -0.3 is 5.32 Å². The first-order chi connectivity index (χ1) is 8.76. The van der Waals surface area contributed by atoms with Crippen LogP contribution in [0.25, 0.3) is 10.2 Å². The Hall–Kier alpha value is -1.40. The van der Waals surface area contributed by atoms with Crippen molar-refractivity contribution in [3.8, 4) is 0 Å². The number of rotatable bonds is 5. The highest BCUT2D eigenvalue weighted by molar-refractivity contribution is 7.18. The third kappa shape index (κ3) is 2.39. The molecule has 1 fully saturated rings. The van der Waals surface area contributed by atoms with Gasteiger partial charge in [-0.25, -0.2) is 10.8 Å². The number of nitrogens with zero attached hydrogens (tertiary/aromatic N) is 2. The molecule has 0 radical (unpaired) electrons. The minimum atomic E-state index is 0.471. The fraction of sp³-hybridized carbons (Fsp3) is 0.500. The summed E-state index contributed by atoms with van der Waals surface area (Å²) < 4.78 is 0. The smallest absolute Gasteiger partial charge is 0.240 e. The molecule has 96 valence electrons. The van der Waals surface area contributed by atoms with Gasteiger partial charge in [0.15, 0.2) is 0 Å². The number of nitrogens with two attached hydrogens (primary N) is 1. The van der Waals surface area contributed by atoms with E-state index in [9.17, 15) is 0 Å². The molecule has 2 aromatic heterocycles. The van der Waals surface area contributed by atoms with Crippen molar-refractivity contribution in [1.29, 1.82) is 0 Å². The van der Waals surface area contributed by atoms with Crippen LogP contribution in [0.1, 0.15) is 24.1 Å². The summed E-state index contributed by atoms with van der Waals surface area (Å²) in [5, 5.41) is 4.50. The van der Waals surface area contributed by atoms with Gasteiger partial charge in [-0.2, -0.15) is 4.98 Å². The zero-order valence-corrected chi connectivity index (χ0v) is 11.2. The Balaban J connectivity index is 1.86. The molecule has 0 atom stereocenters. The quantitative estimate of drug-likeness (QED) is 0.571. The maximum absolute atomic E-state index is 5.41. The van der Waals surface area contributed by atoms with Crippen molar-refractivity contribution >= 4 is 33.3 Å². The SMILES string of the molecule is Cc1cc2c(NCCC3CC3)nc(NN)nc2s1. The van der Waals surface area contributed by atoms with Crippen molar-refractivity contribution in [2.75, 3.05) is 17.3 Å². The number of nitrogens with one attached hydrogen (secondary N) is 2. The molecule has 0 aliphatic heterocycles. The normalized spacial score (nSPS) is 15.0. The molecule has 0 saturated heterocycles. The Labute approximate surface area is 110 Å². The van der Waals surface area contributed by atoms with Crippen molar-refractivity contribution < 1.29 is 0 Å². The van der Waals surface area contributed by atoms with E-state index in [1.165, 1.54) is 24.1 Å². The minimum Gasteiger partial charge on any atom is -0.369 e. The first-order valence-electron chi connectivity index (χ1n) is 6.25. The molecule has 6 heteroatoms. The van der Waals surface area contributed by atoms with Crippen LogP contribution in [0.2, 0.25) is 0 Å². The van der Waals surface area contributed by atoms with E-state index >= 15 is 0 Å². The number of thiophene rings is 1. The zero-order valence-electron chi connectivity index (χ0n) is 10.4. The molecule has 18 heavy (non-hydrogen) atoms. The molecule has 0 bridgehead atoms. The Morgan fingerprint density at radius 1 is 1.44 bits per heavy atom. The molecule has 1 aliphatic rings. The predicted molar refractivity (Wildman–Crippen MR) is 75.8 cm³/mol. The lowest BCUT2D eigenvalue weighted by atomic mass is 10.3. The van der Waals surface area contributed by atoms with Crippen LogP contribution in [0.3, 0.4) is 0 Å². The first kappa shape index (κ1) is 11.7. The molecule has 0 spiro atoms. The van der Waals surface area contributed by atoms with E-state index in [1.54, 1.807) is 11.3 Å². The van der Waals surface area contributed by atoms with Gasteiger partial charge in [0.2, 0.25) is 5.95 Å². The van der Waals surface area contributed by atoms with Crippen LogP contribution in [-0.4, -0.2) is 16.5 Å². The summed E-state index contributed by atoms with van der Waals surface area (Å²) in [4.78, 5) is 11.0. The fourth-order valence-electron chi connectivity index (χ4n) is 2.04. The lowest BCUT2D eigenvalue weighted by Crippen LogP contribution is -2.12. The van der Waals surface area contributed by atoms with E-state index in [-0.39, 0.29) is 0 Å². The monoisotopic (exact) mass is 263 g/mol. The van der Waals surface area contributed by atoms with Crippen LogP contribution in [0.5, 0.6) is 0 Å². The standard InChI is InChI=1S/C12H17N5S/c1-7-6-9-10(14-5-4-8-2-3-8)15-12(17-13)16-11(9)18-7/h6,8H,2-5,13H2,1H3,(H2,14,15,16,17). The van der Waals surface area contributed by atoms with Gasteiger partial charge in [-0.3, -0.25) is 5.43 Å². The summed E-state index contributed by atoms with van der Waals surface area (Å²) in [6.07, 6.45) is 3.99. The van der Waals surface area contributed by atoms with Crippen LogP contribution < -0.4 is 16.6 Å². The van der Waals surface area contributed by atoms with Gasteiger partial charge in [-0.1, -0.05) is 12.8 Å². The zero-order chi connectivity index (χ0) is 12.5. The summed E-state index contributed by atoms with van der Waals surface area (Å²) in [5.74, 6) is 7.69. The molecular weight excluding hydrogens is 246 g/mol. The van der Waals surface area contributed by atoms with Gasteiger partial charge in [-0.15, -0.1) is 11.3 Å². The Morgan fingerprint density at radius 3 is 3.00 bits per heavy atom. The second kappa shape index (κ2) is 4.70. The van der Waals surface area contributed by atoms with Crippen LogP contribution in [0.4, 0.5) is 11.8 Å². The van der Waals surface area contributed by atoms with Crippen LogP contribution in [0.15, 0.2) is 6.07 Å². The lowest BCUT2D eigenvalue weighted by molar-refractivity contribution is 0.759. The number of aryl methyl sites for hydroxylation is 1. The summed E-state index contributed by atoms with van der Waals surface area (Å²) in [7, 11) is 0. The maximum Gasteiger partial charge on any atom is 0.240 e. The molecule has 0 amide bonds. The van der Waals surface area contributed by atoms with E-state index in [2.05, 4.69) is 33.7 Å². The highest BCUT2D eigenvalue weighted by Crippen LogP contribution is 2.33.